The lowest BCUT2D eigenvalue weighted by atomic mass is 9.99. The second kappa shape index (κ2) is 5.63. The number of piperidine rings is 1. The minimum atomic E-state index is -0.297. The van der Waals surface area contributed by atoms with Crippen molar-refractivity contribution in [1.82, 2.24) is 4.90 Å². The summed E-state index contributed by atoms with van der Waals surface area (Å²) in [5.41, 5.74) is 0.806. The van der Waals surface area contributed by atoms with Crippen LogP contribution in [0.5, 0.6) is 0 Å². The van der Waals surface area contributed by atoms with Crippen molar-refractivity contribution in [3.05, 3.63) is 35.6 Å². The van der Waals surface area contributed by atoms with E-state index >= 15 is 0 Å². The molecule has 0 aliphatic carbocycles. The first-order valence-corrected chi connectivity index (χ1v) is 6.11. The van der Waals surface area contributed by atoms with Crippen molar-refractivity contribution in [2.75, 3.05) is 13.1 Å². The van der Waals surface area contributed by atoms with Crippen LogP contribution >= 0.6 is 0 Å². The number of nitrogens with zero attached hydrogens (tertiary/aromatic N) is 2. The first kappa shape index (κ1) is 12.6. The van der Waals surface area contributed by atoms with Gasteiger partial charge in [0.05, 0.1) is 18.4 Å². The molecule has 0 N–H and O–H groups in total. The molecule has 18 heavy (non-hydrogen) atoms. The van der Waals surface area contributed by atoms with Crippen molar-refractivity contribution in [1.29, 1.82) is 5.26 Å². The van der Waals surface area contributed by atoms with Crippen LogP contribution in [0, 0.1) is 23.1 Å². The van der Waals surface area contributed by atoms with Crippen LogP contribution < -0.4 is 0 Å². The molecule has 94 valence electrons. The Balaban J connectivity index is 1.95. The van der Waals surface area contributed by atoms with E-state index in [2.05, 4.69) is 6.07 Å². The molecular formula is C14H15FN2O. The lowest BCUT2D eigenvalue weighted by Crippen LogP contribution is -2.40. The van der Waals surface area contributed by atoms with Crippen LogP contribution in [-0.2, 0) is 11.2 Å². The predicted octanol–water partition coefficient (Wildman–Crippen LogP) is 2.13. The Morgan fingerprint density at radius 1 is 1.44 bits per heavy atom. The Bertz CT molecular complexity index is 464. The molecule has 1 amide bonds. The van der Waals surface area contributed by atoms with E-state index in [9.17, 15) is 9.18 Å². The van der Waals surface area contributed by atoms with E-state index in [1.54, 1.807) is 17.0 Å². The Hall–Kier alpha value is -1.89. The van der Waals surface area contributed by atoms with E-state index in [4.69, 9.17) is 5.26 Å². The molecule has 1 saturated heterocycles. The third-order valence-electron chi connectivity index (χ3n) is 3.23. The van der Waals surface area contributed by atoms with Gasteiger partial charge in [0, 0.05) is 13.1 Å². The highest BCUT2D eigenvalue weighted by molar-refractivity contribution is 5.78. The molecule has 1 aliphatic heterocycles. The van der Waals surface area contributed by atoms with Gasteiger partial charge in [-0.2, -0.15) is 5.26 Å². The van der Waals surface area contributed by atoms with Crippen LogP contribution in [0.15, 0.2) is 24.3 Å². The van der Waals surface area contributed by atoms with Gasteiger partial charge in [0.1, 0.15) is 5.82 Å². The van der Waals surface area contributed by atoms with E-state index < -0.39 is 0 Å². The van der Waals surface area contributed by atoms with Gasteiger partial charge < -0.3 is 4.90 Å². The molecule has 0 saturated carbocycles. The molecule has 0 aromatic heterocycles. The number of hydrogen-bond acceptors (Lipinski definition) is 2. The molecule has 0 bridgehead atoms. The summed E-state index contributed by atoms with van der Waals surface area (Å²) in [7, 11) is 0. The molecule has 1 heterocycles. The van der Waals surface area contributed by atoms with Gasteiger partial charge in [0.2, 0.25) is 5.91 Å². The first-order chi connectivity index (χ1) is 8.69. The summed E-state index contributed by atoms with van der Waals surface area (Å²) in [5, 5.41) is 8.88. The first-order valence-electron chi connectivity index (χ1n) is 6.11. The minimum absolute atomic E-state index is 0.0153. The fourth-order valence-corrected chi connectivity index (χ4v) is 2.20. The zero-order chi connectivity index (χ0) is 13.0. The maximum Gasteiger partial charge on any atom is 0.227 e. The van der Waals surface area contributed by atoms with Crippen molar-refractivity contribution < 1.29 is 9.18 Å². The van der Waals surface area contributed by atoms with Gasteiger partial charge in [-0.1, -0.05) is 12.1 Å². The normalized spacial score (nSPS) is 19.3. The maximum atomic E-state index is 12.7. The molecule has 0 spiro atoms. The number of halogens is 1. The second-order valence-corrected chi connectivity index (χ2v) is 4.61. The topological polar surface area (TPSA) is 44.1 Å². The number of amides is 1. The number of hydrogen-bond donors (Lipinski definition) is 0. The van der Waals surface area contributed by atoms with Crippen molar-refractivity contribution >= 4 is 5.91 Å². The van der Waals surface area contributed by atoms with E-state index in [0.29, 0.717) is 6.54 Å². The zero-order valence-electron chi connectivity index (χ0n) is 10.1. The summed E-state index contributed by atoms with van der Waals surface area (Å²) >= 11 is 0. The highest BCUT2D eigenvalue weighted by atomic mass is 19.1. The molecule has 4 heteroatoms. The maximum absolute atomic E-state index is 12.7. The number of nitriles is 1. The smallest absolute Gasteiger partial charge is 0.227 e. The Morgan fingerprint density at radius 2 is 2.17 bits per heavy atom. The molecule has 1 aliphatic rings. The lowest BCUT2D eigenvalue weighted by molar-refractivity contribution is -0.131. The number of likely N-dealkylation sites (tertiary alicyclic amines) is 1. The summed E-state index contributed by atoms with van der Waals surface area (Å²) in [6, 6.07) is 8.18. The minimum Gasteiger partial charge on any atom is -0.341 e. The Morgan fingerprint density at radius 3 is 2.83 bits per heavy atom. The van der Waals surface area contributed by atoms with Crippen LogP contribution in [-0.4, -0.2) is 23.9 Å². The third kappa shape index (κ3) is 3.07. The number of benzene rings is 1. The second-order valence-electron chi connectivity index (χ2n) is 4.61. The molecule has 1 atom stereocenters. The Labute approximate surface area is 106 Å². The Kier molecular flexibility index (Phi) is 3.93. The summed E-state index contributed by atoms with van der Waals surface area (Å²) < 4.78 is 12.7. The summed E-state index contributed by atoms with van der Waals surface area (Å²) in [6.45, 7) is 1.24. The van der Waals surface area contributed by atoms with E-state index in [0.717, 1.165) is 24.9 Å². The molecular weight excluding hydrogens is 231 g/mol. The van der Waals surface area contributed by atoms with Gasteiger partial charge in [-0.05, 0) is 30.5 Å². The number of carbonyl (C=O) groups is 1. The molecule has 1 fully saturated rings. The highest BCUT2D eigenvalue weighted by Crippen LogP contribution is 2.16. The third-order valence-corrected chi connectivity index (χ3v) is 3.23. The number of rotatable bonds is 2. The van der Waals surface area contributed by atoms with Gasteiger partial charge in [-0.25, -0.2) is 4.39 Å². The molecule has 1 aromatic rings. The van der Waals surface area contributed by atoms with Crippen molar-refractivity contribution in [2.45, 2.75) is 19.3 Å². The van der Waals surface area contributed by atoms with Crippen molar-refractivity contribution in [3.63, 3.8) is 0 Å². The molecule has 0 radical (unpaired) electrons. The summed E-state index contributed by atoms with van der Waals surface area (Å²) in [6.07, 6.45) is 2.03. The van der Waals surface area contributed by atoms with Gasteiger partial charge >= 0.3 is 0 Å². The van der Waals surface area contributed by atoms with Crippen LogP contribution in [0.4, 0.5) is 4.39 Å². The van der Waals surface area contributed by atoms with E-state index in [1.165, 1.54) is 12.1 Å². The fourth-order valence-electron chi connectivity index (χ4n) is 2.20. The van der Waals surface area contributed by atoms with Crippen LogP contribution in [0.2, 0.25) is 0 Å². The zero-order valence-corrected chi connectivity index (χ0v) is 10.1. The SMILES string of the molecule is N#CC1CCCN(C(=O)Cc2ccc(F)cc2)C1. The van der Waals surface area contributed by atoms with E-state index in [-0.39, 0.29) is 24.1 Å². The van der Waals surface area contributed by atoms with Gasteiger partial charge in [0.15, 0.2) is 0 Å². The quantitative estimate of drug-likeness (QED) is 0.802. The highest BCUT2D eigenvalue weighted by Gasteiger charge is 2.23. The average molecular weight is 246 g/mol. The summed E-state index contributed by atoms with van der Waals surface area (Å²) in [4.78, 5) is 13.8. The fraction of sp³-hybridized carbons (Fsp3) is 0.429. The largest absolute Gasteiger partial charge is 0.341 e. The van der Waals surface area contributed by atoms with Crippen LogP contribution in [0.25, 0.3) is 0 Å². The molecule has 1 aromatic carbocycles. The average Bonchev–Trinajstić information content (AvgIpc) is 2.41. The predicted molar refractivity (Wildman–Crippen MR) is 65.0 cm³/mol. The van der Waals surface area contributed by atoms with Gasteiger partial charge in [-0.3, -0.25) is 4.79 Å². The van der Waals surface area contributed by atoms with Crippen molar-refractivity contribution in [2.24, 2.45) is 5.92 Å². The van der Waals surface area contributed by atoms with E-state index in [1.807, 2.05) is 0 Å². The van der Waals surface area contributed by atoms with Crippen LogP contribution in [0.1, 0.15) is 18.4 Å². The van der Waals surface area contributed by atoms with Crippen molar-refractivity contribution in [3.8, 4) is 6.07 Å². The molecule has 3 nitrogen and oxygen atoms in total. The van der Waals surface area contributed by atoms with Gasteiger partial charge in [0.25, 0.3) is 0 Å². The standard InChI is InChI=1S/C14H15FN2O/c15-13-5-3-11(4-6-13)8-14(18)17-7-1-2-12(9-16)10-17/h3-6,12H,1-2,7-8,10H2. The monoisotopic (exact) mass is 246 g/mol. The van der Waals surface area contributed by atoms with Gasteiger partial charge in [-0.15, -0.1) is 0 Å². The lowest BCUT2D eigenvalue weighted by Gasteiger charge is -2.29. The molecule has 2 rings (SSSR count). The van der Waals surface area contributed by atoms with Crippen LogP contribution in [0.3, 0.4) is 0 Å². The number of carbonyl (C=O) groups excluding carboxylic acids is 1. The molecule has 1 unspecified atom stereocenters. The summed E-state index contributed by atoms with van der Waals surface area (Å²) in [5.74, 6) is -0.328.